The van der Waals surface area contributed by atoms with Crippen molar-refractivity contribution in [2.45, 2.75) is 45.3 Å². The molecule has 0 aliphatic carbocycles. The highest BCUT2D eigenvalue weighted by atomic mass is 16.1. The van der Waals surface area contributed by atoms with E-state index in [2.05, 4.69) is 28.6 Å². The summed E-state index contributed by atoms with van der Waals surface area (Å²) in [7, 11) is 2.02. The van der Waals surface area contributed by atoms with Gasteiger partial charge in [0.05, 0.1) is 5.52 Å². The summed E-state index contributed by atoms with van der Waals surface area (Å²) >= 11 is 0. The third-order valence-electron chi connectivity index (χ3n) is 4.93. The highest BCUT2D eigenvalue weighted by Gasteiger charge is 2.24. The molecule has 3 rings (SSSR count). The van der Waals surface area contributed by atoms with Crippen molar-refractivity contribution < 1.29 is 0 Å². The zero-order valence-corrected chi connectivity index (χ0v) is 14.4. The predicted octanol–water partition coefficient (Wildman–Crippen LogP) is 2.50. The van der Waals surface area contributed by atoms with Crippen LogP contribution < -0.4 is 10.7 Å². The van der Waals surface area contributed by atoms with Gasteiger partial charge in [-0.2, -0.15) is 0 Å². The molecule has 1 fully saturated rings. The number of aryl methyl sites for hydroxylation is 1. The van der Waals surface area contributed by atoms with Crippen LogP contribution in [0.4, 0.5) is 0 Å². The molecule has 0 saturated carbocycles. The fraction of sp³-hybridized carbons (Fsp3) is 0.526. The Balaban J connectivity index is 1.95. The summed E-state index contributed by atoms with van der Waals surface area (Å²) in [4.78, 5) is 15.3. The predicted molar refractivity (Wildman–Crippen MR) is 95.8 cm³/mol. The number of nitrogens with zero attached hydrogens (tertiary/aromatic N) is 2. The van der Waals surface area contributed by atoms with Gasteiger partial charge in [0.15, 0.2) is 5.43 Å². The molecule has 0 radical (unpaired) electrons. The van der Waals surface area contributed by atoms with E-state index in [4.69, 9.17) is 0 Å². The number of pyridine rings is 1. The van der Waals surface area contributed by atoms with Gasteiger partial charge in [-0.15, -0.1) is 0 Å². The number of piperidine rings is 1. The monoisotopic (exact) mass is 313 g/mol. The largest absolute Gasteiger partial charge is 0.350 e. The Morgan fingerprint density at radius 3 is 2.83 bits per heavy atom. The van der Waals surface area contributed by atoms with Gasteiger partial charge in [-0.25, -0.2) is 0 Å². The van der Waals surface area contributed by atoms with Crippen LogP contribution in [0, 0.1) is 0 Å². The maximum atomic E-state index is 12.9. The van der Waals surface area contributed by atoms with Gasteiger partial charge in [-0.05, 0) is 45.4 Å². The van der Waals surface area contributed by atoms with Crippen LogP contribution in [0.15, 0.2) is 35.3 Å². The molecule has 1 aromatic heterocycles. The molecule has 0 amide bonds. The fourth-order valence-electron chi connectivity index (χ4n) is 3.67. The van der Waals surface area contributed by atoms with Crippen molar-refractivity contribution >= 4 is 10.9 Å². The summed E-state index contributed by atoms with van der Waals surface area (Å²) in [6.45, 7) is 7.30. The number of fused-ring (bicyclic) bond motifs is 1. The van der Waals surface area contributed by atoms with E-state index in [1.54, 1.807) is 0 Å². The summed E-state index contributed by atoms with van der Waals surface area (Å²) < 4.78 is 2.07. The normalized spacial score (nSPS) is 18.9. The minimum absolute atomic E-state index is 0.174. The third-order valence-corrected chi connectivity index (χ3v) is 4.93. The number of nitrogens with one attached hydrogen (secondary N) is 1. The first-order valence-corrected chi connectivity index (χ1v) is 8.61. The summed E-state index contributed by atoms with van der Waals surface area (Å²) in [5, 5.41) is 4.30. The maximum absolute atomic E-state index is 12.9. The smallest absolute Gasteiger partial charge is 0.193 e. The molecule has 1 N–H and O–H groups in total. The van der Waals surface area contributed by atoms with Crippen LogP contribution in [0.25, 0.3) is 10.9 Å². The highest BCUT2D eigenvalue weighted by Crippen LogP contribution is 2.18. The minimum atomic E-state index is 0.174. The quantitative estimate of drug-likeness (QED) is 0.942. The van der Waals surface area contributed by atoms with Crippen molar-refractivity contribution in [1.29, 1.82) is 0 Å². The lowest BCUT2D eigenvalue weighted by atomic mass is 10.0. The Kier molecular flexibility index (Phi) is 4.83. The third kappa shape index (κ3) is 3.33. The van der Waals surface area contributed by atoms with E-state index >= 15 is 0 Å². The van der Waals surface area contributed by atoms with E-state index in [-0.39, 0.29) is 5.43 Å². The summed E-state index contributed by atoms with van der Waals surface area (Å²) in [5.41, 5.74) is 2.07. The van der Waals surface area contributed by atoms with Gasteiger partial charge in [0.25, 0.3) is 0 Å². The molecular weight excluding hydrogens is 286 g/mol. The van der Waals surface area contributed by atoms with Crippen LogP contribution in [0.2, 0.25) is 0 Å². The molecule has 0 unspecified atom stereocenters. The molecule has 1 aliphatic rings. The number of hydrogen-bond donors (Lipinski definition) is 1. The summed E-state index contributed by atoms with van der Waals surface area (Å²) in [6.07, 6.45) is 4.43. The number of aromatic nitrogens is 1. The molecule has 0 bridgehead atoms. The van der Waals surface area contributed by atoms with E-state index in [9.17, 15) is 4.79 Å². The van der Waals surface area contributed by atoms with Gasteiger partial charge in [-0.3, -0.25) is 9.69 Å². The van der Waals surface area contributed by atoms with Gasteiger partial charge < -0.3 is 9.88 Å². The van der Waals surface area contributed by atoms with Gasteiger partial charge in [0.2, 0.25) is 0 Å². The van der Waals surface area contributed by atoms with E-state index in [0.29, 0.717) is 12.1 Å². The summed E-state index contributed by atoms with van der Waals surface area (Å²) in [5.74, 6) is 0. The molecule has 2 aromatic rings. The molecule has 1 atom stereocenters. The maximum Gasteiger partial charge on any atom is 0.193 e. The Bertz CT molecular complexity index is 729. The standard InChI is InChI=1S/C19H27N3O/c1-14(2)22(16-7-6-10-20-11-16)13-15-12-21(3)18-9-5-4-8-17(18)19(15)23/h4-5,8-9,12,14,16,20H,6-7,10-11,13H2,1-3H3/t16-/m0/s1. The van der Waals surface area contributed by atoms with E-state index < -0.39 is 0 Å². The van der Waals surface area contributed by atoms with Gasteiger partial charge in [0, 0.05) is 49.4 Å². The average Bonchev–Trinajstić information content (AvgIpc) is 2.57. The average molecular weight is 313 g/mol. The molecule has 1 aliphatic heterocycles. The van der Waals surface area contributed by atoms with Crippen LogP contribution in [0.1, 0.15) is 32.3 Å². The molecule has 1 saturated heterocycles. The second-order valence-electron chi connectivity index (χ2n) is 6.88. The topological polar surface area (TPSA) is 37.3 Å². The molecule has 0 spiro atoms. The summed E-state index contributed by atoms with van der Waals surface area (Å²) in [6, 6.07) is 8.81. The molecule has 4 nitrogen and oxygen atoms in total. The number of hydrogen-bond acceptors (Lipinski definition) is 3. The van der Waals surface area contributed by atoms with Crippen molar-refractivity contribution in [3.05, 3.63) is 46.2 Å². The molecule has 23 heavy (non-hydrogen) atoms. The van der Waals surface area contributed by atoms with E-state index in [1.807, 2.05) is 37.5 Å². The second-order valence-corrected chi connectivity index (χ2v) is 6.88. The zero-order valence-electron chi connectivity index (χ0n) is 14.4. The minimum Gasteiger partial charge on any atom is -0.350 e. The van der Waals surface area contributed by atoms with Crippen molar-refractivity contribution in [1.82, 2.24) is 14.8 Å². The van der Waals surface area contributed by atoms with Gasteiger partial charge in [0.1, 0.15) is 0 Å². The molecule has 1 aromatic carbocycles. The SMILES string of the molecule is CC(C)N(Cc1cn(C)c2ccccc2c1=O)[C@H]1CCCNC1. The Morgan fingerprint density at radius 1 is 1.35 bits per heavy atom. The van der Waals surface area contributed by atoms with Crippen LogP contribution in [0.5, 0.6) is 0 Å². The zero-order chi connectivity index (χ0) is 16.4. The number of rotatable bonds is 4. The van der Waals surface area contributed by atoms with Crippen molar-refractivity contribution in [3.63, 3.8) is 0 Å². The number of benzene rings is 1. The Morgan fingerprint density at radius 2 is 2.13 bits per heavy atom. The Hall–Kier alpha value is -1.65. The lowest BCUT2D eigenvalue weighted by molar-refractivity contribution is 0.120. The first-order chi connectivity index (χ1) is 11.1. The van der Waals surface area contributed by atoms with E-state index in [1.165, 1.54) is 12.8 Å². The van der Waals surface area contributed by atoms with Gasteiger partial charge >= 0.3 is 0 Å². The first kappa shape index (κ1) is 16.2. The molecule has 4 heteroatoms. The highest BCUT2D eigenvalue weighted by molar-refractivity contribution is 5.79. The van der Waals surface area contributed by atoms with Crippen molar-refractivity contribution in [3.8, 4) is 0 Å². The van der Waals surface area contributed by atoms with Crippen LogP contribution in [-0.4, -0.2) is 34.6 Å². The van der Waals surface area contributed by atoms with Gasteiger partial charge in [-0.1, -0.05) is 12.1 Å². The van der Waals surface area contributed by atoms with Crippen LogP contribution in [0.3, 0.4) is 0 Å². The molecule has 2 heterocycles. The lowest BCUT2D eigenvalue weighted by Gasteiger charge is -2.37. The fourth-order valence-corrected chi connectivity index (χ4v) is 3.67. The van der Waals surface area contributed by atoms with Crippen molar-refractivity contribution in [2.75, 3.05) is 13.1 Å². The lowest BCUT2D eigenvalue weighted by Crippen LogP contribution is -2.49. The van der Waals surface area contributed by atoms with Crippen LogP contribution in [-0.2, 0) is 13.6 Å². The Labute approximate surface area is 138 Å². The first-order valence-electron chi connectivity index (χ1n) is 8.61. The molecule has 124 valence electrons. The van der Waals surface area contributed by atoms with Crippen LogP contribution >= 0.6 is 0 Å². The second kappa shape index (κ2) is 6.85. The van der Waals surface area contributed by atoms with Crippen molar-refractivity contribution in [2.24, 2.45) is 7.05 Å². The molecular formula is C19H27N3O. The number of para-hydroxylation sites is 1. The van der Waals surface area contributed by atoms with E-state index in [0.717, 1.165) is 36.1 Å².